The number of aromatic nitrogens is 2. The molecule has 0 atom stereocenters. The van der Waals surface area contributed by atoms with E-state index >= 15 is 0 Å². The number of anilines is 2. The Labute approximate surface area is 152 Å². The Kier molecular flexibility index (Phi) is 3.48. The number of ketones is 1. The molecule has 5 nitrogen and oxygen atoms in total. The maximum Gasteiger partial charge on any atom is 0.174 e. The summed E-state index contributed by atoms with van der Waals surface area (Å²) in [7, 11) is 2.12. The van der Waals surface area contributed by atoms with Crippen molar-refractivity contribution in [2.45, 2.75) is 32.1 Å². The molecule has 3 aromatic rings. The molecule has 132 valence electrons. The van der Waals surface area contributed by atoms with Gasteiger partial charge in [-0.3, -0.25) is 4.79 Å². The molecule has 0 unspecified atom stereocenters. The van der Waals surface area contributed by atoms with Gasteiger partial charge in [0.15, 0.2) is 5.78 Å². The summed E-state index contributed by atoms with van der Waals surface area (Å²) in [4.78, 5) is 16.3. The molecule has 3 heterocycles. The van der Waals surface area contributed by atoms with Crippen molar-refractivity contribution in [1.82, 2.24) is 9.55 Å². The van der Waals surface area contributed by atoms with Crippen molar-refractivity contribution in [3.8, 4) is 5.75 Å². The number of carbonyl (C=O) groups is 1. The number of hydrogen-bond acceptors (Lipinski definition) is 4. The van der Waals surface area contributed by atoms with Crippen molar-refractivity contribution in [2.75, 3.05) is 11.9 Å². The van der Waals surface area contributed by atoms with E-state index < -0.39 is 0 Å². The molecular formula is C21H21N3O2. The maximum absolute atomic E-state index is 11.5. The number of aryl methyl sites for hydroxylation is 2. The average molecular weight is 347 g/mol. The van der Waals surface area contributed by atoms with Crippen molar-refractivity contribution >= 4 is 28.3 Å². The van der Waals surface area contributed by atoms with Crippen molar-refractivity contribution in [2.24, 2.45) is 7.05 Å². The Bertz CT molecular complexity index is 1040. The van der Waals surface area contributed by atoms with E-state index in [1.54, 1.807) is 0 Å². The zero-order valence-corrected chi connectivity index (χ0v) is 14.8. The number of nitrogens with zero attached hydrogens (tertiary/aromatic N) is 2. The molecule has 1 N–H and O–H groups in total. The van der Waals surface area contributed by atoms with Gasteiger partial charge in [-0.25, -0.2) is 4.98 Å². The number of Topliss-reactive ketones (excluding diaryl/α,β-unsaturated/α-hetero) is 1. The lowest BCUT2D eigenvalue weighted by Crippen LogP contribution is -2.20. The standard InChI is InChI=1S/C21H21N3O2/c1-24-18-5-3-2-4-16(18)17-8-9-20(23-21(17)24)22-14-7-6-13-10-15(25)12-26-19(13)11-14/h6-9,11H,2-5,10,12H2,1H3,(H,22,23). The van der Waals surface area contributed by atoms with E-state index in [2.05, 4.69) is 23.0 Å². The lowest BCUT2D eigenvalue weighted by molar-refractivity contribution is -0.121. The Morgan fingerprint density at radius 3 is 2.96 bits per heavy atom. The zero-order chi connectivity index (χ0) is 17.7. The van der Waals surface area contributed by atoms with Crippen LogP contribution in [0.4, 0.5) is 11.5 Å². The fraction of sp³-hybridized carbons (Fsp3) is 0.333. The van der Waals surface area contributed by atoms with Crippen LogP contribution in [0, 0.1) is 0 Å². The Morgan fingerprint density at radius 1 is 1.15 bits per heavy atom. The van der Waals surface area contributed by atoms with Gasteiger partial charge in [-0.15, -0.1) is 0 Å². The highest BCUT2D eigenvalue weighted by Crippen LogP contribution is 2.32. The number of pyridine rings is 1. The topological polar surface area (TPSA) is 56.2 Å². The van der Waals surface area contributed by atoms with E-state index in [1.807, 2.05) is 24.3 Å². The normalized spacial score (nSPS) is 16.1. The van der Waals surface area contributed by atoms with Crippen LogP contribution in [0.1, 0.15) is 29.7 Å². The van der Waals surface area contributed by atoms with Gasteiger partial charge in [0.1, 0.15) is 23.8 Å². The van der Waals surface area contributed by atoms with Crippen LogP contribution < -0.4 is 10.1 Å². The summed E-state index contributed by atoms with van der Waals surface area (Å²) in [5.74, 6) is 1.73. The van der Waals surface area contributed by atoms with Crippen molar-refractivity contribution in [1.29, 1.82) is 0 Å². The summed E-state index contributed by atoms with van der Waals surface area (Å²) in [6, 6.07) is 10.1. The first-order valence-electron chi connectivity index (χ1n) is 9.21. The number of ether oxygens (including phenoxy) is 1. The van der Waals surface area contributed by atoms with E-state index in [9.17, 15) is 4.79 Å². The molecule has 0 radical (unpaired) electrons. The second-order valence-electron chi connectivity index (χ2n) is 7.21. The fourth-order valence-electron chi connectivity index (χ4n) is 4.17. The van der Waals surface area contributed by atoms with Crippen molar-refractivity contribution in [3.63, 3.8) is 0 Å². The quantitative estimate of drug-likeness (QED) is 0.768. The predicted octanol–water partition coefficient (Wildman–Crippen LogP) is 3.70. The van der Waals surface area contributed by atoms with Crippen molar-refractivity contribution < 1.29 is 9.53 Å². The highest BCUT2D eigenvalue weighted by Gasteiger charge is 2.20. The molecule has 2 aromatic heterocycles. The second kappa shape index (κ2) is 5.87. The highest BCUT2D eigenvalue weighted by atomic mass is 16.5. The number of hydrogen-bond donors (Lipinski definition) is 1. The molecule has 0 bridgehead atoms. The predicted molar refractivity (Wildman–Crippen MR) is 101 cm³/mol. The van der Waals surface area contributed by atoms with Crippen LogP contribution in [-0.4, -0.2) is 21.9 Å². The van der Waals surface area contributed by atoms with Gasteiger partial charge in [0, 0.05) is 41.9 Å². The largest absolute Gasteiger partial charge is 0.485 e. The van der Waals surface area contributed by atoms with Crippen LogP contribution in [0.3, 0.4) is 0 Å². The Morgan fingerprint density at radius 2 is 2.04 bits per heavy atom. The van der Waals surface area contributed by atoms with Gasteiger partial charge in [0.25, 0.3) is 0 Å². The SMILES string of the molecule is Cn1c2c(c3ccc(Nc4ccc5c(c4)OCC(=O)C5)nc31)CCCC2. The molecule has 0 fully saturated rings. The first-order chi connectivity index (χ1) is 12.7. The third-order valence-corrected chi connectivity index (χ3v) is 5.48. The Balaban J connectivity index is 1.48. The first-order valence-corrected chi connectivity index (χ1v) is 9.21. The molecule has 2 aliphatic rings. The third kappa shape index (κ3) is 2.46. The van der Waals surface area contributed by atoms with Gasteiger partial charge < -0.3 is 14.6 Å². The summed E-state index contributed by atoms with van der Waals surface area (Å²) < 4.78 is 7.79. The maximum atomic E-state index is 11.5. The molecule has 5 rings (SSSR count). The van der Waals surface area contributed by atoms with Gasteiger partial charge in [-0.2, -0.15) is 0 Å². The van der Waals surface area contributed by atoms with Crippen LogP contribution in [-0.2, 0) is 31.1 Å². The molecule has 0 saturated heterocycles. The number of rotatable bonds is 2. The highest BCUT2D eigenvalue weighted by molar-refractivity contribution is 5.86. The number of nitrogens with one attached hydrogen (secondary N) is 1. The molecule has 1 aromatic carbocycles. The lowest BCUT2D eigenvalue weighted by Gasteiger charge is -2.17. The third-order valence-electron chi connectivity index (χ3n) is 5.48. The summed E-state index contributed by atoms with van der Waals surface area (Å²) >= 11 is 0. The second-order valence-corrected chi connectivity index (χ2v) is 7.21. The monoisotopic (exact) mass is 347 g/mol. The molecule has 5 heteroatoms. The van der Waals surface area contributed by atoms with Crippen molar-refractivity contribution in [3.05, 3.63) is 47.2 Å². The minimum Gasteiger partial charge on any atom is -0.485 e. The summed E-state index contributed by atoms with van der Waals surface area (Å²) in [5, 5.41) is 4.65. The number of benzene rings is 1. The van der Waals surface area contributed by atoms with Crippen LogP contribution in [0.2, 0.25) is 0 Å². The van der Waals surface area contributed by atoms with Gasteiger partial charge in [0.2, 0.25) is 0 Å². The fourth-order valence-corrected chi connectivity index (χ4v) is 4.17. The lowest BCUT2D eigenvalue weighted by atomic mass is 9.96. The molecule has 0 spiro atoms. The smallest absolute Gasteiger partial charge is 0.174 e. The van der Waals surface area contributed by atoms with E-state index in [4.69, 9.17) is 9.72 Å². The molecule has 1 aliphatic heterocycles. The van der Waals surface area contributed by atoms with Gasteiger partial charge in [-0.1, -0.05) is 6.07 Å². The molecular weight excluding hydrogens is 326 g/mol. The number of fused-ring (bicyclic) bond motifs is 4. The molecule has 0 saturated carbocycles. The number of carbonyl (C=O) groups excluding carboxylic acids is 1. The molecule has 26 heavy (non-hydrogen) atoms. The molecule has 0 amide bonds. The first kappa shape index (κ1) is 15.4. The zero-order valence-electron chi connectivity index (χ0n) is 14.8. The van der Waals surface area contributed by atoms with Crippen LogP contribution in [0.5, 0.6) is 5.75 Å². The van der Waals surface area contributed by atoms with Crippen LogP contribution in [0.25, 0.3) is 11.0 Å². The van der Waals surface area contributed by atoms with E-state index in [0.717, 1.165) is 41.3 Å². The summed E-state index contributed by atoms with van der Waals surface area (Å²) in [6.45, 7) is 0.162. The van der Waals surface area contributed by atoms with E-state index in [1.165, 1.54) is 29.5 Å². The van der Waals surface area contributed by atoms with Gasteiger partial charge in [-0.05, 0) is 49.4 Å². The minimum absolute atomic E-state index is 0.123. The Hall–Kier alpha value is -2.82. The van der Waals surface area contributed by atoms with Crippen LogP contribution >= 0.6 is 0 Å². The molecule has 1 aliphatic carbocycles. The average Bonchev–Trinajstić information content (AvgIpc) is 2.94. The van der Waals surface area contributed by atoms with Crippen LogP contribution in [0.15, 0.2) is 30.3 Å². The van der Waals surface area contributed by atoms with Gasteiger partial charge >= 0.3 is 0 Å². The minimum atomic E-state index is 0.123. The summed E-state index contributed by atoms with van der Waals surface area (Å²) in [5.41, 5.74) is 5.82. The van der Waals surface area contributed by atoms with E-state index in [0.29, 0.717) is 6.42 Å². The van der Waals surface area contributed by atoms with E-state index in [-0.39, 0.29) is 12.4 Å². The van der Waals surface area contributed by atoms with Gasteiger partial charge in [0.05, 0.1) is 0 Å². The summed E-state index contributed by atoms with van der Waals surface area (Å²) in [6.07, 6.45) is 5.28.